The van der Waals surface area contributed by atoms with Gasteiger partial charge in [-0.05, 0) is 0 Å². The fourth-order valence-electron chi connectivity index (χ4n) is 0.220. The molecule has 0 aromatic carbocycles. The average molecular weight is 200 g/mol. The van der Waals surface area contributed by atoms with Crippen LogP contribution in [-0.4, -0.2) is 11.6 Å². The number of ketones is 2. The van der Waals surface area contributed by atoms with Crippen molar-refractivity contribution in [1.82, 2.24) is 0 Å². The van der Waals surface area contributed by atoms with Gasteiger partial charge in [-0.25, -0.2) is 0 Å². The third-order valence-corrected chi connectivity index (χ3v) is 0.394. The maximum Gasteiger partial charge on any atom is 0.00695 e. The van der Waals surface area contributed by atoms with Gasteiger partial charge in [-0.3, -0.25) is 0 Å². The van der Waals surface area contributed by atoms with Gasteiger partial charge in [-0.1, -0.05) is 0 Å². The number of carbonyl (C=O) groups excluding carboxylic acids is 2. The molecule has 0 heterocycles. The van der Waals surface area contributed by atoms with Crippen molar-refractivity contribution in [1.29, 1.82) is 0 Å². The van der Waals surface area contributed by atoms with Crippen LogP contribution >= 0.6 is 0 Å². The molecule has 0 aliphatic rings. The summed E-state index contributed by atoms with van der Waals surface area (Å²) in [6.07, 6.45) is -0.139. The largest absolute Gasteiger partial charge is 0.339 e. The van der Waals surface area contributed by atoms with E-state index in [-0.39, 0.29) is 55.1 Å². The average Bonchev–Trinajstić information content (AvgIpc) is 1.27. The van der Waals surface area contributed by atoms with Crippen molar-refractivity contribution in [3.05, 3.63) is 13.8 Å². The van der Waals surface area contributed by atoms with Crippen LogP contribution in [0.1, 0.15) is 6.42 Å². The maximum atomic E-state index is 9.88. The Bertz CT molecular complexity index is 89.1. The Morgan fingerprint density at radius 1 is 1.00 bits per heavy atom. The second kappa shape index (κ2) is 8.25. The fraction of sp³-hybridized carbons (Fsp3) is 0.200. The van der Waals surface area contributed by atoms with Crippen LogP contribution in [0.15, 0.2) is 0 Å². The zero-order chi connectivity index (χ0) is 5.86. The summed E-state index contributed by atoms with van der Waals surface area (Å²) in [4.78, 5) is 19.8. The monoisotopic (exact) mass is 200 g/mol. The minimum Gasteiger partial charge on any atom is -0.339 e. The van der Waals surface area contributed by atoms with Crippen molar-refractivity contribution >= 4 is 11.6 Å². The van der Waals surface area contributed by atoms with Crippen LogP contribution < -0.4 is 0 Å². The predicted molar refractivity (Wildman–Crippen MR) is 25.3 cm³/mol. The van der Waals surface area contributed by atoms with Gasteiger partial charge in [-0.15, -0.1) is 0 Å². The molecule has 0 aromatic rings. The molecular weight excluding hydrogens is 194 g/mol. The number of hydrogen-bond acceptors (Lipinski definition) is 2. The third-order valence-electron chi connectivity index (χ3n) is 0.394. The number of rotatable bonds is 2. The second-order valence-corrected chi connectivity index (χ2v) is 1.25. The van der Waals surface area contributed by atoms with E-state index in [9.17, 15) is 9.59 Å². The summed E-state index contributed by atoms with van der Waals surface area (Å²) < 4.78 is 0. The van der Waals surface area contributed by atoms with E-state index in [2.05, 4.69) is 13.8 Å². The maximum absolute atomic E-state index is 9.88. The van der Waals surface area contributed by atoms with Crippen molar-refractivity contribution in [3.63, 3.8) is 0 Å². The molecule has 0 amide bonds. The molecule has 0 N–H and O–H groups in total. The van der Waals surface area contributed by atoms with Crippen LogP contribution in [0.2, 0.25) is 0 Å². The molecule has 0 saturated heterocycles. The molecule has 0 saturated carbocycles. The molecule has 0 fully saturated rings. The summed E-state index contributed by atoms with van der Waals surface area (Å²) in [5.74, 6) is -0.750. The summed E-state index contributed by atoms with van der Waals surface area (Å²) in [7, 11) is 0. The van der Waals surface area contributed by atoms with Gasteiger partial charge in [0.1, 0.15) is 0 Å². The summed E-state index contributed by atoms with van der Waals surface area (Å²) in [5, 5.41) is 0. The normalized spacial score (nSPS) is 6.22. The molecule has 9 heavy (non-hydrogen) atoms. The minimum absolute atomic E-state index is 0. The van der Waals surface area contributed by atoms with Crippen LogP contribution in [0, 0.1) is 13.8 Å². The Balaban J connectivity index is -0.000000180. The Hall–Kier alpha value is 0.249. The molecule has 50 valence electrons. The van der Waals surface area contributed by atoms with Crippen LogP contribution in [-0.2, 0) is 46.7 Å². The molecular formula is C5H6O2V2-2. The van der Waals surface area contributed by atoms with Crippen LogP contribution in [0.25, 0.3) is 0 Å². The zero-order valence-corrected chi connectivity index (χ0v) is 7.63. The molecule has 0 bridgehead atoms. The van der Waals surface area contributed by atoms with Gasteiger partial charge in [-0.2, -0.15) is 0 Å². The molecule has 0 rings (SSSR count). The number of carbonyl (C=O) groups is 2. The Morgan fingerprint density at radius 2 is 1.22 bits per heavy atom. The third kappa shape index (κ3) is 17.8. The molecule has 0 aliphatic carbocycles. The molecule has 0 aliphatic heterocycles. The Labute approximate surface area is 78.5 Å². The molecule has 0 atom stereocenters. The van der Waals surface area contributed by atoms with Crippen molar-refractivity contribution in [2.24, 2.45) is 0 Å². The Morgan fingerprint density at radius 3 is 1.22 bits per heavy atom. The molecule has 2 radical (unpaired) electrons. The van der Waals surface area contributed by atoms with Crippen molar-refractivity contribution in [2.45, 2.75) is 6.42 Å². The van der Waals surface area contributed by atoms with Gasteiger partial charge in [0.2, 0.25) is 0 Å². The van der Waals surface area contributed by atoms with E-state index in [4.69, 9.17) is 0 Å². The summed E-state index contributed by atoms with van der Waals surface area (Å²) >= 11 is 0. The second-order valence-electron chi connectivity index (χ2n) is 1.25. The quantitative estimate of drug-likeness (QED) is 0.470. The van der Waals surface area contributed by atoms with Gasteiger partial charge in [0.15, 0.2) is 0 Å². The summed E-state index contributed by atoms with van der Waals surface area (Å²) in [6.45, 7) is 5.96. The standard InChI is InChI=1S/C5H6O2.2V/c1-4(6)3-5(2)7;;/h1-3H2;;/q-2;;. The van der Waals surface area contributed by atoms with Crippen molar-refractivity contribution in [2.75, 3.05) is 0 Å². The molecule has 0 unspecified atom stereocenters. The molecule has 0 spiro atoms. The Kier molecular flexibility index (Phi) is 14.8. The van der Waals surface area contributed by atoms with Crippen molar-refractivity contribution in [3.8, 4) is 0 Å². The smallest absolute Gasteiger partial charge is 0.00695 e. The summed E-state index contributed by atoms with van der Waals surface area (Å²) in [6, 6.07) is 0. The van der Waals surface area contributed by atoms with Crippen LogP contribution in [0.4, 0.5) is 0 Å². The van der Waals surface area contributed by atoms with E-state index >= 15 is 0 Å². The first-order valence-corrected chi connectivity index (χ1v) is 1.82. The van der Waals surface area contributed by atoms with E-state index in [1.165, 1.54) is 0 Å². The predicted octanol–water partition coefficient (Wildman–Crippen LogP) is 0.178. The number of Topliss-reactive ketones (excluding diaryl/α,β-unsaturated/α-hetero) is 2. The van der Waals surface area contributed by atoms with Gasteiger partial charge < -0.3 is 23.4 Å². The van der Waals surface area contributed by atoms with E-state index in [0.29, 0.717) is 0 Å². The van der Waals surface area contributed by atoms with Crippen molar-refractivity contribution < 1.29 is 46.7 Å². The van der Waals surface area contributed by atoms with Crippen LogP contribution in [0.3, 0.4) is 0 Å². The van der Waals surface area contributed by atoms with Gasteiger partial charge in [0.05, 0.1) is 0 Å². The molecule has 0 aromatic heterocycles. The zero-order valence-electron chi connectivity index (χ0n) is 4.83. The molecule has 2 nitrogen and oxygen atoms in total. The molecule has 4 heteroatoms. The first kappa shape index (κ1) is 16.1. The van der Waals surface area contributed by atoms with E-state index in [1.54, 1.807) is 0 Å². The topological polar surface area (TPSA) is 34.1 Å². The van der Waals surface area contributed by atoms with Gasteiger partial charge in [0, 0.05) is 55.1 Å². The first-order chi connectivity index (χ1) is 3.13. The van der Waals surface area contributed by atoms with E-state index in [0.717, 1.165) is 0 Å². The SMILES string of the molecule is [CH2-]C(=O)CC([CH2-])=O.[V].[V]. The number of hydrogen-bond donors (Lipinski definition) is 0. The van der Waals surface area contributed by atoms with Crippen LogP contribution in [0.5, 0.6) is 0 Å². The summed E-state index contributed by atoms with van der Waals surface area (Å²) in [5.41, 5.74) is 0. The van der Waals surface area contributed by atoms with E-state index in [1.807, 2.05) is 0 Å². The first-order valence-electron chi connectivity index (χ1n) is 1.82. The van der Waals surface area contributed by atoms with Gasteiger partial charge in [0.25, 0.3) is 0 Å². The van der Waals surface area contributed by atoms with Gasteiger partial charge >= 0.3 is 0 Å². The minimum atomic E-state index is -0.375. The fourth-order valence-corrected chi connectivity index (χ4v) is 0.220. The van der Waals surface area contributed by atoms with E-state index < -0.39 is 0 Å².